The molecule has 0 heterocycles. The van der Waals surface area contributed by atoms with E-state index in [1.54, 1.807) is 6.07 Å². The molecule has 0 bridgehead atoms. The Morgan fingerprint density at radius 1 is 1.19 bits per heavy atom. The van der Waals surface area contributed by atoms with Crippen molar-refractivity contribution in [3.8, 4) is 0 Å². The lowest BCUT2D eigenvalue weighted by Crippen LogP contribution is -2.42. The maximum Gasteiger partial charge on any atom is 0.244 e. The number of hydrogen-bond acceptors (Lipinski definition) is 4. The van der Waals surface area contributed by atoms with Gasteiger partial charge in [-0.05, 0) is 37.8 Å². The van der Waals surface area contributed by atoms with Gasteiger partial charge < -0.3 is 10.2 Å². The molecule has 2 rings (SSSR count). The van der Waals surface area contributed by atoms with Crippen molar-refractivity contribution in [3.05, 3.63) is 29.8 Å². The second kappa shape index (κ2) is 9.16. The Bertz CT molecular complexity index is 740. The number of aryl methyl sites for hydroxylation is 1. The van der Waals surface area contributed by atoms with Crippen LogP contribution in [0.4, 0.5) is 5.69 Å². The van der Waals surface area contributed by atoms with Crippen molar-refractivity contribution in [1.29, 1.82) is 0 Å². The van der Waals surface area contributed by atoms with Crippen LogP contribution in [0.1, 0.15) is 44.6 Å². The van der Waals surface area contributed by atoms with Crippen LogP contribution >= 0.6 is 0 Å². The number of nitrogens with zero attached hydrogens (tertiary/aromatic N) is 1. The van der Waals surface area contributed by atoms with E-state index in [0.717, 1.165) is 18.4 Å². The van der Waals surface area contributed by atoms with Crippen molar-refractivity contribution in [1.82, 2.24) is 4.90 Å². The number of benzene rings is 1. The molecule has 0 aromatic heterocycles. The van der Waals surface area contributed by atoms with Gasteiger partial charge in [0.05, 0.1) is 11.8 Å². The Morgan fingerprint density at radius 3 is 2.46 bits per heavy atom. The van der Waals surface area contributed by atoms with Gasteiger partial charge in [-0.1, -0.05) is 38.0 Å². The minimum atomic E-state index is -3.45. The minimum absolute atomic E-state index is 0.138. The van der Waals surface area contributed by atoms with Crippen LogP contribution in [0.2, 0.25) is 0 Å². The summed E-state index contributed by atoms with van der Waals surface area (Å²) in [6, 6.07) is 7.39. The highest BCUT2D eigenvalue weighted by Gasteiger charge is 2.32. The van der Waals surface area contributed by atoms with Crippen LogP contribution in [0.15, 0.2) is 24.3 Å². The van der Waals surface area contributed by atoms with E-state index in [-0.39, 0.29) is 12.5 Å². The fraction of sp³-hybridized carbons (Fsp3) is 0.579. The predicted molar refractivity (Wildman–Crippen MR) is 103 cm³/mol. The van der Waals surface area contributed by atoms with Crippen LogP contribution in [0.3, 0.4) is 0 Å². The molecule has 7 heteroatoms. The van der Waals surface area contributed by atoms with Gasteiger partial charge >= 0.3 is 0 Å². The van der Waals surface area contributed by atoms with Crippen molar-refractivity contribution in [3.63, 3.8) is 0 Å². The van der Waals surface area contributed by atoms with E-state index in [0.29, 0.717) is 31.5 Å². The zero-order valence-electron chi connectivity index (χ0n) is 15.5. The smallest absolute Gasteiger partial charge is 0.244 e. The summed E-state index contributed by atoms with van der Waals surface area (Å²) in [5.41, 5.74) is 1.62. The molecule has 144 valence electrons. The van der Waals surface area contributed by atoms with Crippen molar-refractivity contribution in [2.75, 3.05) is 24.2 Å². The summed E-state index contributed by atoms with van der Waals surface area (Å²) >= 11 is 0. The molecule has 1 aromatic carbocycles. The number of para-hydroxylation sites is 1. The summed E-state index contributed by atoms with van der Waals surface area (Å²) in [4.78, 5) is 26.2. The van der Waals surface area contributed by atoms with Crippen LogP contribution in [-0.2, 0) is 19.4 Å². The van der Waals surface area contributed by atoms with Gasteiger partial charge in [-0.25, -0.2) is 8.42 Å². The van der Waals surface area contributed by atoms with E-state index < -0.39 is 26.7 Å². The predicted octanol–water partition coefficient (Wildman–Crippen LogP) is 2.53. The Morgan fingerprint density at radius 2 is 1.85 bits per heavy atom. The SMILES string of the molecule is CCCN(CC(=O)Nc1ccccc1C)C(=O)CS(=O)(=O)C1CCCC1. The third-order valence-corrected chi connectivity index (χ3v) is 6.87. The number of anilines is 1. The van der Waals surface area contributed by atoms with E-state index >= 15 is 0 Å². The van der Waals surface area contributed by atoms with Crippen molar-refractivity contribution < 1.29 is 18.0 Å². The molecule has 0 spiro atoms. The molecule has 0 atom stereocenters. The minimum Gasteiger partial charge on any atom is -0.333 e. The normalized spacial score (nSPS) is 15.0. The lowest BCUT2D eigenvalue weighted by Gasteiger charge is -2.22. The van der Waals surface area contributed by atoms with Crippen LogP contribution in [-0.4, -0.2) is 49.2 Å². The van der Waals surface area contributed by atoms with Crippen molar-refractivity contribution in [2.45, 2.75) is 51.2 Å². The van der Waals surface area contributed by atoms with Gasteiger partial charge in [-0.2, -0.15) is 0 Å². The highest BCUT2D eigenvalue weighted by molar-refractivity contribution is 7.92. The Hall–Kier alpha value is -1.89. The standard InChI is InChI=1S/C19H28N2O4S/c1-3-12-21(13-18(22)20-17-11-7-4-8-15(17)2)19(23)14-26(24,25)16-9-5-6-10-16/h4,7-8,11,16H,3,5-6,9-10,12-14H2,1-2H3,(H,20,22). The van der Waals surface area contributed by atoms with Gasteiger partial charge in [0.25, 0.3) is 0 Å². The number of rotatable bonds is 8. The molecule has 1 aromatic rings. The molecule has 1 aliphatic rings. The summed E-state index contributed by atoms with van der Waals surface area (Å²) in [5.74, 6) is -1.31. The first-order valence-electron chi connectivity index (χ1n) is 9.18. The second-order valence-corrected chi connectivity index (χ2v) is 9.17. The quantitative estimate of drug-likeness (QED) is 0.751. The Balaban J connectivity index is 1.99. The van der Waals surface area contributed by atoms with Gasteiger partial charge in [0.2, 0.25) is 11.8 Å². The first-order valence-corrected chi connectivity index (χ1v) is 10.9. The number of carbonyl (C=O) groups is 2. The highest BCUT2D eigenvalue weighted by atomic mass is 32.2. The molecule has 6 nitrogen and oxygen atoms in total. The first kappa shape index (κ1) is 20.4. The number of amides is 2. The van der Waals surface area contributed by atoms with E-state index in [1.807, 2.05) is 32.0 Å². The average molecular weight is 381 g/mol. The van der Waals surface area contributed by atoms with E-state index in [1.165, 1.54) is 4.90 Å². The average Bonchev–Trinajstić information content (AvgIpc) is 3.12. The van der Waals surface area contributed by atoms with Gasteiger partial charge in [0, 0.05) is 12.2 Å². The number of carbonyl (C=O) groups excluding carboxylic acids is 2. The monoisotopic (exact) mass is 380 g/mol. The molecule has 1 aliphatic carbocycles. The largest absolute Gasteiger partial charge is 0.333 e. The van der Waals surface area contributed by atoms with Crippen molar-refractivity contribution in [2.24, 2.45) is 0 Å². The highest BCUT2D eigenvalue weighted by Crippen LogP contribution is 2.25. The summed E-state index contributed by atoms with van der Waals surface area (Å²) in [7, 11) is -3.45. The van der Waals surface area contributed by atoms with Crippen LogP contribution in [0.5, 0.6) is 0 Å². The lowest BCUT2D eigenvalue weighted by molar-refractivity contribution is -0.132. The molecule has 1 fully saturated rings. The summed E-state index contributed by atoms with van der Waals surface area (Å²) in [6.45, 7) is 4.01. The molecule has 2 amide bonds. The van der Waals surface area contributed by atoms with E-state index in [9.17, 15) is 18.0 Å². The summed E-state index contributed by atoms with van der Waals surface area (Å²) in [5, 5.41) is 2.38. The fourth-order valence-electron chi connectivity index (χ4n) is 3.27. The number of hydrogen-bond donors (Lipinski definition) is 1. The lowest BCUT2D eigenvalue weighted by atomic mass is 10.2. The molecule has 0 saturated heterocycles. The summed E-state index contributed by atoms with van der Waals surface area (Å²) < 4.78 is 24.9. The number of nitrogens with one attached hydrogen (secondary N) is 1. The second-order valence-electron chi connectivity index (χ2n) is 6.89. The topological polar surface area (TPSA) is 83.6 Å². The maximum absolute atomic E-state index is 12.5. The zero-order chi connectivity index (χ0) is 19.2. The van der Waals surface area contributed by atoms with Gasteiger partial charge in [-0.15, -0.1) is 0 Å². The molecular formula is C19H28N2O4S. The molecule has 1 N–H and O–H groups in total. The van der Waals surface area contributed by atoms with Gasteiger partial charge in [0.15, 0.2) is 9.84 Å². The molecule has 1 saturated carbocycles. The van der Waals surface area contributed by atoms with E-state index in [4.69, 9.17) is 0 Å². The Kier molecular flexibility index (Phi) is 7.20. The summed E-state index contributed by atoms with van der Waals surface area (Å²) in [6.07, 6.45) is 3.73. The molecule has 0 unspecified atom stereocenters. The maximum atomic E-state index is 12.5. The zero-order valence-corrected chi connectivity index (χ0v) is 16.3. The molecule has 26 heavy (non-hydrogen) atoms. The van der Waals surface area contributed by atoms with Crippen molar-refractivity contribution >= 4 is 27.3 Å². The Labute approximate surface area is 155 Å². The van der Waals surface area contributed by atoms with Crippen LogP contribution < -0.4 is 5.32 Å². The molecule has 0 radical (unpaired) electrons. The van der Waals surface area contributed by atoms with Gasteiger partial charge in [-0.3, -0.25) is 9.59 Å². The number of sulfone groups is 1. The van der Waals surface area contributed by atoms with E-state index in [2.05, 4.69) is 5.32 Å². The van der Waals surface area contributed by atoms with Crippen LogP contribution in [0.25, 0.3) is 0 Å². The first-order chi connectivity index (χ1) is 12.3. The third-order valence-electron chi connectivity index (χ3n) is 4.73. The fourth-order valence-corrected chi connectivity index (χ4v) is 5.08. The van der Waals surface area contributed by atoms with Gasteiger partial charge in [0.1, 0.15) is 5.75 Å². The molecule has 0 aliphatic heterocycles. The van der Waals surface area contributed by atoms with Crippen LogP contribution in [0, 0.1) is 6.92 Å². The molecular weight excluding hydrogens is 352 g/mol. The third kappa shape index (κ3) is 5.56.